The van der Waals surface area contributed by atoms with E-state index in [0.29, 0.717) is 24.6 Å². The summed E-state index contributed by atoms with van der Waals surface area (Å²) in [4.78, 5) is 26.3. The predicted octanol–water partition coefficient (Wildman–Crippen LogP) is 3.36. The molecule has 0 radical (unpaired) electrons. The summed E-state index contributed by atoms with van der Waals surface area (Å²) in [5, 5.41) is 13.9. The molecule has 4 rings (SSSR count). The van der Waals surface area contributed by atoms with Crippen LogP contribution in [0.15, 0.2) is 24.4 Å². The Hall–Kier alpha value is -2.63. The van der Waals surface area contributed by atoms with Gasteiger partial charge in [-0.2, -0.15) is 5.10 Å². The van der Waals surface area contributed by atoms with E-state index in [-0.39, 0.29) is 11.5 Å². The highest BCUT2D eigenvalue weighted by Gasteiger charge is 2.29. The first-order valence-corrected chi connectivity index (χ1v) is 9.71. The molecule has 27 heavy (non-hydrogen) atoms. The second-order valence-corrected chi connectivity index (χ2v) is 7.70. The van der Waals surface area contributed by atoms with Gasteiger partial charge in [0, 0.05) is 32.3 Å². The van der Waals surface area contributed by atoms with Crippen molar-refractivity contribution >= 4 is 11.9 Å². The molecule has 0 bridgehead atoms. The number of fused-ring (bicyclic) bond motifs is 1. The van der Waals surface area contributed by atoms with Gasteiger partial charge < -0.3 is 10.0 Å². The zero-order valence-corrected chi connectivity index (χ0v) is 15.6. The second kappa shape index (κ2) is 7.18. The molecule has 1 saturated carbocycles. The maximum atomic E-state index is 13.3. The van der Waals surface area contributed by atoms with Gasteiger partial charge >= 0.3 is 5.97 Å². The number of amides is 1. The van der Waals surface area contributed by atoms with Crippen molar-refractivity contribution in [2.24, 2.45) is 7.05 Å². The SMILES string of the molecule is Cn1cc(C(=O)N2CCc3ccc(C(=O)O)cc3C2)c(C2CCCCC2)n1. The summed E-state index contributed by atoms with van der Waals surface area (Å²) in [6.45, 7) is 1.10. The van der Waals surface area contributed by atoms with Gasteiger partial charge in [-0.1, -0.05) is 25.3 Å². The minimum absolute atomic E-state index is 0.00931. The largest absolute Gasteiger partial charge is 0.478 e. The summed E-state index contributed by atoms with van der Waals surface area (Å²) in [5.41, 5.74) is 3.97. The van der Waals surface area contributed by atoms with Crippen molar-refractivity contribution in [3.05, 3.63) is 52.3 Å². The molecule has 2 aromatic rings. The number of benzene rings is 1. The standard InChI is InChI=1S/C21H25N3O3/c1-23-13-18(19(22-23)15-5-3-2-4-6-15)20(25)24-10-9-14-7-8-16(21(26)27)11-17(14)12-24/h7-8,11,13,15H,2-6,9-10,12H2,1H3,(H,26,27). The van der Waals surface area contributed by atoms with E-state index in [2.05, 4.69) is 5.10 Å². The van der Waals surface area contributed by atoms with Crippen LogP contribution in [0.2, 0.25) is 0 Å². The van der Waals surface area contributed by atoms with E-state index in [9.17, 15) is 14.7 Å². The minimum Gasteiger partial charge on any atom is -0.478 e. The van der Waals surface area contributed by atoms with Crippen molar-refractivity contribution < 1.29 is 14.7 Å². The van der Waals surface area contributed by atoms with Gasteiger partial charge in [0.1, 0.15) is 0 Å². The van der Waals surface area contributed by atoms with Crippen LogP contribution in [0, 0.1) is 0 Å². The molecule has 0 saturated heterocycles. The number of carbonyl (C=O) groups is 2. The van der Waals surface area contributed by atoms with Gasteiger partial charge in [-0.3, -0.25) is 9.48 Å². The smallest absolute Gasteiger partial charge is 0.335 e. The Morgan fingerprint density at radius 2 is 1.93 bits per heavy atom. The summed E-state index contributed by atoms with van der Waals surface area (Å²) >= 11 is 0. The van der Waals surface area contributed by atoms with Gasteiger partial charge in [0.2, 0.25) is 0 Å². The van der Waals surface area contributed by atoms with Crippen LogP contribution in [0.3, 0.4) is 0 Å². The zero-order valence-electron chi connectivity index (χ0n) is 15.6. The number of aryl methyl sites for hydroxylation is 1. The van der Waals surface area contributed by atoms with E-state index in [1.54, 1.807) is 16.8 Å². The minimum atomic E-state index is -0.937. The molecule has 1 N–H and O–H groups in total. The Labute approximate surface area is 158 Å². The van der Waals surface area contributed by atoms with Gasteiger partial charge in [0.25, 0.3) is 5.91 Å². The Bertz CT molecular complexity index is 881. The predicted molar refractivity (Wildman–Crippen MR) is 101 cm³/mol. The number of hydrogen-bond donors (Lipinski definition) is 1. The normalized spacial score (nSPS) is 17.6. The summed E-state index contributed by atoms with van der Waals surface area (Å²) < 4.78 is 1.75. The highest BCUT2D eigenvalue weighted by atomic mass is 16.4. The molecule has 2 heterocycles. The lowest BCUT2D eigenvalue weighted by molar-refractivity contribution is 0.0696. The fourth-order valence-corrected chi connectivity index (χ4v) is 4.38. The molecule has 1 aromatic heterocycles. The Balaban J connectivity index is 1.59. The van der Waals surface area contributed by atoms with Gasteiger partial charge in [-0.25, -0.2) is 4.79 Å². The van der Waals surface area contributed by atoms with Crippen molar-refractivity contribution in [3.8, 4) is 0 Å². The number of carboxylic acids is 1. The lowest BCUT2D eigenvalue weighted by Gasteiger charge is -2.29. The molecule has 0 unspecified atom stereocenters. The van der Waals surface area contributed by atoms with Crippen molar-refractivity contribution in [2.45, 2.75) is 51.0 Å². The number of aromatic carboxylic acids is 1. The third-order valence-electron chi connectivity index (χ3n) is 5.83. The van der Waals surface area contributed by atoms with Crippen LogP contribution in [-0.4, -0.2) is 38.2 Å². The first-order valence-electron chi connectivity index (χ1n) is 9.71. The number of aromatic nitrogens is 2. The topological polar surface area (TPSA) is 75.4 Å². The number of nitrogens with zero attached hydrogens (tertiary/aromatic N) is 3. The highest BCUT2D eigenvalue weighted by Crippen LogP contribution is 2.34. The van der Waals surface area contributed by atoms with E-state index < -0.39 is 5.97 Å². The molecule has 6 heteroatoms. The van der Waals surface area contributed by atoms with Crippen molar-refractivity contribution in [2.75, 3.05) is 6.54 Å². The molecule has 1 fully saturated rings. The van der Waals surface area contributed by atoms with Crippen molar-refractivity contribution in [3.63, 3.8) is 0 Å². The van der Waals surface area contributed by atoms with Crippen LogP contribution in [0.25, 0.3) is 0 Å². The fourth-order valence-electron chi connectivity index (χ4n) is 4.38. The average Bonchev–Trinajstić information content (AvgIpc) is 3.09. The fraction of sp³-hybridized carbons (Fsp3) is 0.476. The Kier molecular flexibility index (Phi) is 4.72. The van der Waals surface area contributed by atoms with Crippen LogP contribution in [0.1, 0.15) is 75.6 Å². The number of carboxylic acid groups (broad SMARTS) is 1. The molecule has 1 aliphatic heterocycles. The van der Waals surface area contributed by atoms with E-state index in [0.717, 1.165) is 36.1 Å². The van der Waals surface area contributed by atoms with E-state index in [4.69, 9.17) is 0 Å². The highest BCUT2D eigenvalue weighted by molar-refractivity contribution is 5.95. The summed E-state index contributed by atoms with van der Waals surface area (Å²) in [6, 6.07) is 5.21. The first-order chi connectivity index (χ1) is 13.0. The lowest BCUT2D eigenvalue weighted by Crippen LogP contribution is -2.36. The maximum Gasteiger partial charge on any atom is 0.335 e. The van der Waals surface area contributed by atoms with Gasteiger partial charge in [-0.05, 0) is 42.5 Å². The van der Waals surface area contributed by atoms with Crippen LogP contribution in [0.5, 0.6) is 0 Å². The summed E-state index contributed by atoms with van der Waals surface area (Å²) in [5.74, 6) is -0.558. The molecule has 0 spiro atoms. The Morgan fingerprint density at radius 3 is 2.67 bits per heavy atom. The first kappa shape index (κ1) is 17.8. The molecule has 0 atom stereocenters. The number of rotatable bonds is 3. The third-order valence-corrected chi connectivity index (χ3v) is 5.83. The van der Waals surface area contributed by atoms with Gasteiger partial charge in [0.15, 0.2) is 0 Å². The van der Waals surface area contributed by atoms with Gasteiger partial charge in [0.05, 0.1) is 16.8 Å². The van der Waals surface area contributed by atoms with E-state index >= 15 is 0 Å². The third kappa shape index (κ3) is 3.48. The maximum absolute atomic E-state index is 13.3. The molecule has 142 valence electrons. The van der Waals surface area contributed by atoms with Crippen LogP contribution >= 0.6 is 0 Å². The molecular formula is C21H25N3O3. The molecule has 2 aliphatic rings. The quantitative estimate of drug-likeness (QED) is 0.902. The number of hydrogen-bond acceptors (Lipinski definition) is 3. The molecule has 1 aliphatic carbocycles. The monoisotopic (exact) mass is 367 g/mol. The lowest BCUT2D eigenvalue weighted by atomic mass is 9.85. The summed E-state index contributed by atoms with van der Waals surface area (Å²) in [7, 11) is 1.87. The average molecular weight is 367 g/mol. The van der Waals surface area contributed by atoms with Gasteiger partial charge in [-0.15, -0.1) is 0 Å². The van der Waals surface area contributed by atoms with Crippen LogP contribution in [-0.2, 0) is 20.0 Å². The Morgan fingerprint density at radius 1 is 1.15 bits per heavy atom. The van der Waals surface area contributed by atoms with Crippen LogP contribution in [0.4, 0.5) is 0 Å². The van der Waals surface area contributed by atoms with E-state index in [1.165, 1.54) is 19.3 Å². The molecule has 1 aromatic carbocycles. The summed E-state index contributed by atoms with van der Waals surface area (Å²) in [6.07, 6.45) is 8.45. The number of carbonyl (C=O) groups excluding carboxylic acids is 1. The van der Waals surface area contributed by atoms with Crippen molar-refractivity contribution in [1.82, 2.24) is 14.7 Å². The molecule has 6 nitrogen and oxygen atoms in total. The zero-order chi connectivity index (χ0) is 19.0. The molecular weight excluding hydrogens is 342 g/mol. The van der Waals surface area contributed by atoms with Crippen molar-refractivity contribution in [1.29, 1.82) is 0 Å². The van der Waals surface area contributed by atoms with Crippen LogP contribution < -0.4 is 0 Å². The molecule has 1 amide bonds. The van der Waals surface area contributed by atoms with E-state index in [1.807, 2.05) is 24.2 Å². The second-order valence-electron chi connectivity index (χ2n) is 7.70.